The Hall–Kier alpha value is -2.50. The third kappa shape index (κ3) is 2.79. The van der Waals surface area contributed by atoms with Crippen molar-refractivity contribution in [3.8, 4) is 0 Å². The Morgan fingerprint density at radius 1 is 1.33 bits per heavy atom. The zero-order chi connectivity index (χ0) is 13.0. The summed E-state index contributed by atoms with van der Waals surface area (Å²) in [5.41, 5.74) is 7.68. The summed E-state index contributed by atoms with van der Waals surface area (Å²) in [6.45, 7) is 2.37. The first-order valence-corrected chi connectivity index (χ1v) is 5.43. The van der Waals surface area contributed by atoms with Gasteiger partial charge in [-0.2, -0.15) is 0 Å². The molecule has 2 heterocycles. The maximum atomic E-state index is 11.8. The zero-order valence-electron chi connectivity index (χ0n) is 9.92. The van der Waals surface area contributed by atoms with E-state index >= 15 is 0 Å². The molecule has 92 valence electrons. The predicted octanol–water partition coefficient (Wildman–Crippen LogP) is 0.692. The first-order chi connectivity index (χ1) is 8.66. The van der Waals surface area contributed by atoms with E-state index in [1.807, 2.05) is 13.0 Å². The third-order valence-corrected chi connectivity index (χ3v) is 2.50. The Kier molecular flexibility index (Phi) is 3.47. The van der Waals surface area contributed by atoms with Crippen LogP contribution in [0.5, 0.6) is 0 Å². The lowest BCUT2D eigenvalue weighted by Crippen LogP contribution is -2.24. The molecule has 0 atom stereocenters. The van der Waals surface area contributed by atoms with Crippen molar-refractivity contribution in [2.75, 3.05) is 5.73 Å². The van der Waals surface area contributed by atoms with Gasteiger partial charge in [-0.25, -0.2) is 0 Å². The Labute approximate surface area is 104 Å². The molecule has 2 rings (SSSR count). The van der Waals surface area contributed by atoms with Crippen LogP contribution in [0, 0.1) is 6.92 Å². The number of nitrogens with one attached hydrogen (secondary N) is 1. The minimum atomic E-state index is -0.286. The van der Waals surface area contributed by atoms with Crippen LogP contribution in [-0.4, -0.2) is 21.1 Å². The summed E-state index contributed by atoms with van der Waals surface area (Å²) in [5.74, 6) is 0.000377. The van der Waals surface area contributed by atoms with Crippen molar-refractivity contribution in [1.29, 1.82) is 0 Å². The Balaban J connectivity index is 2.01. The predicted molar refractivity (Wildman–Crippen MR) is 66.6 cm³/mol. The highest BCUT2D eigenvalue weighted by Crippen LogP contribution is 2.04. The quantitative estimate of drug-likeness (QED) is 0.827. The monoisotopic (exact) mass is 243 g/mol. The molecule has 0 saturated heterocycles. The number of nitrogens with two attached hydrogens (primary N) is 1. The van der Waals surface area contributed by atoms with Crippen LogP contribution in [-0.2, 0) is 6.54 Å². The molecule has 0 aliphatic rings. The maximum Gasteiger partial charge on any atom is 0.272 e. The van der Waals surface area contributed by atoms with Gasteiger partial charge in [-0.3, -0.25) is 9.78 Å². The lowest BCUT2D eigenvalue weighted by atomic mass is 10.1. The molecular formula is C12H13N5O. The maximum absolute atomic E-state index is 11.8. The van der Waals surface area contributed by atoms with Crippen LogP contribution in [0.1, 0.15) is 21.6 Å². The van der Waals surface area contributed by atoms with Crippen molar-refractivity contribution in [2.24, 2.45) is 0 Å². The van der Waals surface area contributed by atoms with E-state index in [1.54, 1.807) is 12.4 Å². The number of nitrogens with zero attached hydrogens (tertiary/aromatic N) is 3. The van der Waals surface area contributed by atoms with Gasteiger partial charge in [0, 0.05) is 18.9 Å². The van der Waals surface area contributed by atoms with Crippen molar-refractivity contribution in [1.82, 2.24) is 20.5 Å². The van der Waals surface area contributed by atoms with Gasteiger partial charge in [0.25, 0.3) is 5.91 Å². The summed E-state index contributed by atoms with van der Waals surface area (Å²) >= 11 is 0. The van der Waals surface area contributed by atoms with Crippen LogP contribution in [0.15, 0.2) is 30.6 Å². The number of aromatic nitrogens is 3. The van der Waals surface area contributed by atoms with Crippen molar-refractivity contribution < 1.29 is 4.79 Å². The zero-order valence-corrected chi connectivity index (χ0v) is 9.92. The fourth-order valence-corrected chi connectivity index (χ4v) is 1.41. The fraction of sp³-hybridized carbons (Fsp3) is 0.167. The number of carbonyl (C=O) groups excluding carboxylic acids is 1. The van der Waals surface area contributed by atoms with E-state index in [2.05, 4.69) is 20.5 Å². The van der Waals surface area contributed by atoms with Crippen LogP contribution in [0.25, 0.3) is 0 Å². The number of carbonyl (C=O) groups is 1. The molecule has 0 aliphatic heterocycles. The minimum Gasteiger partial charge on any atom is -0.382 e. The fourth-order valence-electron chi connectivity index (χ4n) is 1.41. The average Bonchev–Trinajstić information content (AvgIpc) is 2.38. The number of aryl methyl sites for hydroxylation is 1. The number of amides is 1. The molecule has 0 saturated carbocycles. The van der Waals surface area contributed by atoms with E-state index < -0.39 is 0 Å². The lowest BCUT2D eigenvalue weighted by molar-refractivity contribution is 0.0945. The molecule has 1 amide bonds. The molecule has 18 heavy (non-hydrogen) atoms. The third-order valence-electron chi connectivity index (χ3n) is 2.50. The van der Waals surface area contributed by atoms with Gasteiger partial charge in [0.2, 0.25) is 0 Å². The number of hydrogen-bond acceptors (Lipinski definition) is 5. The number of anilines is 1. The molecular weight excluding hydrogens is 230 g/mol. The van der Waals surface area contributed by atoms with Crippen molar-refractivity contribution in [3.63, 3.8) is 0 Å². The molecule has 2 aromatic heterocycles. The van der Waals surface area contributed by atoms with Gasteiger partial charge in [0.15, 0.2) is 5.69 Å². The number of rotatable bonds is 3. The largest absolute Gasteiger partial charge is 0.382 e. The topological polar surface area (TPSA) is 93.8 Å². The summed E-state index contributed by atoms with van der Waals surface area (Å²) in [6, 6.07) is 4.97. The van der Waals surface area contributed by atoms with Gasteiger partial charge in [-0.1, -0.05) is 0 Å². The van der Waals surface area contributed by atoms with Crippen molar-refractivity contribution in [2.45, 2.75) is 13.5 Å². The van der Waals surface area contributed by atoms with Gasteiger partial charge in [0.05, 0.1) is 0 Å². The minimum absolute atomic E-state index is 0.241. The molecule has 6 nitrogen and oxygen atoms in total. The summed E-state index contributed by atoms with van der Waals surface area (Å²) in [7, 11) is 0. The molecule has 0 spiro atoms. The Morgan fingerprint density at radius 3 is 2.83 bits per heavy atom. The number of nitrogen functional groups attached to an aromatic ring is 1. The molecule has 2 aromatic rings. The SMILES string of the molecule is Cc1ccncc1CNC(=O)c1ccc(N)nn1. The second-order valence-corrected chi connectivity index (χ2v) is 3.83. The number of pyridine rings is 1. The van der Waals surface area contributed by atoms with Gasteiger partial charge in [-0.15, -0.1) is 10.2 Å². The summed E-state index contributed by atoms with van der Waals surface area (Å²) in [6.07, 6.45) is 3.44. The van der Waals surface area contributed by atoms with E-state index in [4.69, 9.17) is 5.73 Å². The van der Waals surface area contributed by atoms with Crippen LogP contribution >= 0.6 is 0 Å². The van der Waals surface area contributed by atoms with Gasteiger partial charge in [-0.05, 0) is 36.2 Å². The van der Waals surface area contributed by atoms with E-state index in [1.165, 1.54) is 12.1 Å². The molecule has 0 aliphatic carbocycles. The highest BCUT2D eigenvalue weighted by Gasteiger charge is 2.08. The molecule has 0 fully saturated rings. The highest BCUT2D eigenvalue weighted by molar-refractivity contribution is 5.92. The normalized spacial score (nSPS) is 10.1. The van der Waals surface area contributed by atoms with E-state index in [9.17, 15) is 4.79 Å². The summed E-state index contributed by atoms with van der Waals surface area (Å²) in [5, 5.41) is 10.1. The van der Waals surface area contributed by atoms with Crippen LogP contribution in [0.4, 0.5) is 5.82 Å². The Bertz CT molecular complexity index is 553. The van der Waals surface area contributed by atoms with E-state index in [-0.39, 0.29) is 17.4 Å². The second kappa shape index (κ2) is 5.22. The molecule has 0 bridgehead atoms. The first kappa shape index (κ1) is 12.0. The lowest BCUT2D eigenvalue weighted by Gasteiger charge is -2.06. The molecule has 0 radical (unpaired) electrons. The highest BCUT2D eigenvalue weighted by atomic mass is 16.1. The van der Waals surface area contributed by atoms with Crippen LogP contribution < -0.4 is 11.1 Å². The summed E-state index contributed by atoms with van der Waals surface area (Å²) in [4.78, 5) is 15.8. The molecule has 3 N–H and O–H groups in total. The molecule has 6 heteroatoms. The van der Waals surface area contributed by atoms with Crippen molar-refractivity contribution in [3.05, 3.63) is 47.4 Å². The van der Waals surface area contributed by atoms with Crippen LogP contribution in [0.2, 0.25) is 0 Å². The molecule has 0 aromatic carbocycles. The van der Waals surface area contributed by atoms with Gasteiger partial charge in [0.1, 0.15) is 5.82 Å². The molecule has 0 unspecified atom stereocenters. The van der Waals surface area contributed by atoms with Crippen molar-refractivity contribution >= 4 is 11.7 Å². The number of hydrogen-bond donors (Lipinski definition) is 2. The van der Waals surface area contributed by atoms with Gasteiger partial charge >= 0.3 is 0 Å². The summed E-state index contributed by atoms with van der Waals surface area (Å²) < 4.78 is 0. The smallest absolute Gasteiger partial charge is 0.272 e. The standard InChI is InChI=1S/C12H13N5O/c1-8-4-5-14-6-9(8)7-15-12(18)10-2-3-11(13)17-16-10/h2-6H,7H2,1H3,(H2,13,17)(H,15,18). The van der Waals surface area contributed by atoms with E-state index in [0.717, 1.165) is 11.1 Å². The van der Waals surface area contributed by atoms with Gasteiger partial charge < -0.3 is 11.1 Å². The Morgan fingerprint density at radius 2 is 2.17 bits per heavy atom. The average molecular weight is 243 g/mol. The van der Waals surface area contributed by atoms with E-state index in [0.29, 0.717) is 6.54 Å². The first-order valence-electron chi connectivity index (χ1n) is 5.43. The van der Waals surface area contributed by atoms with Crippen LogP contribution in [0.3, 0.4) is 0 Å². The second-order valence-electron chi connectivity index (χ2n) is 3.83.